The molecule has 4 aromatic heterocycles. The predicted octanol–water partition coefficient (Wildman–Crippen LogP) is 6.01. The molecule has 200 valence electrons. The summed E-state index contributed by atoms with van der Waals surface area (Å²) in [6, 6.07) is 11.9. The zero-order valence-electron chi connectivity index (χ0n) is 20.1. The monoisotopic (exact) mass is 551 g/mol. The summed E-state index contributed by atoms with van der Waals surface area (Å²) >= 11 is 0. The molecule has 0 aliphatic rings. The van der Waals surface area contributed by atoms with Gasteiger partial charge in [-0.1, -0.05) is 18.2 Å². The molecule has 7 nitrogen and oxygen atoms in total. The van der Waals surface area contributed by atoms with Gasteiger partial charge < -0.3 is 5.73 Å². The number of rotatable bonds is 4. The van der Waals surface area contributed by atoms with E-state index < -0.39 is 41.3 Å². The van der Waals surface area contributed by atoms with E-state index in [1.165, 1.54) is 23.0 Å². The number of nitrogens with two attached hydrogens (primary N) is 1. The Bertz CT molecular complexity index is 1930. The lowest BCUT2D eigenvalue weighted by Crippen LogP contribution is -2.09. The van der Waals surface area contributed by atoms with Crippen LogP contribution in [0.5, 0.6) is 0 Å². The second-order valence-electron chi connectivity index (χ2n) is 8.76. The van der Waals surface area contributed by atoms with Gasteiger partial charge in [-0.2, -0.15) is 18.3 Å². The van der Waals surface area contributed by atoms with Crippen LogP contribution < -0.4 is 5.73 Å². The number of hydrogen-bond donors (Lipinski definition) is 1. The second-order valence-corrected chi connectivity index (χ2v) is 8.76. The largest absolute Gasteiger partial charge is 0.433 e. The number of imidazole rings is 1. The number of aromatic nitrogens is 6. The minimum Gasteiger partial charge on any atom is -0.383 e. The van der Waals surface area contributed by atoms with Crippen molar-refractivity contribution in [2.24, 2.45) is 0 Å². The van der Waals surface area contributed by atoms with Crippen LogP contribution in [0.4, 0.5) is 32.2 Å². The Balaban J connectivity index is 1.47. The van der Waals surface area contributed by atoms with Gasteiger partial charge in [-0.05, 0) is 42.0 Å². The molecule has 0 spiro atoms. The lowest BCUT2D eigenvalue weighted by atomic mass is 10.0. The number of fused-ring (bicyclic) bond motifs is 2. The fraction of sp³-hybridized carbons (Fsp3) is 0.0741. The summed E-state index contributed by atoms with van der Waals surface area (Å²) < 4.78 is 84.5. The Hall–Kier alpha value is -5.07. The Kier molecular flexibility index (Phi) is 5.86. The van der Waals surface area contributed by atoms with Crippen molar-refractivity contribution in [3.63, 3.8) is 0 Å². The molecule has 13 heteroatoms. The van der Waals surface area contributed by atoms with Gasteiger partial charge in [0.25, 0.3) is 0 Å². The molecule has 0 aliphatic heterocycles. The lowest BCUT2D eigenvalue weighted by Gasteiger charge is -2.13. The highest BCUT2D eigenvalue weighted by molar-refractivity contribution is 5.97. The summed E-state index contributed by atoms with van der Waals surface area (Å²) in [7, 11) is 0. The number of nitrogen functional groups attached to an aromatic ring is 1. The number of benzene rings is 2. The minimum absolute atomic E-state index is 0.00686. The van der Waals surface area contributed by atoms with Gasteiger partial charge >= 0.3 is 6.18 Å². The van der Waals surface area contributed by atoms with Crippen LogP contribution in [0.3, 0.4) is 0 Å². The van der Waals surface area contributed by atoms with E-state index in [0.29, 0.717) is 17.0 Å². The summed E-state index contributed by atoms with van der Waals surface area (Å²) in [5.41, 5.74) is 5.48. The molecule has 0 bridgehead atoms. The first-order chi connectivity index (χ1) is 19.1. The molecule has 2 aromatic carbocycles. The summed E-state index contributed by atoms with van der Waals surface area (Å²) in [6.07, 6.45) is -2.45. The molecule has 0 radical (unpaired) electrons. The molecule has 0 fully saturated rings. The molecule has 0 saturated heterocycles. The van der Waals surface area contributed by atoms with Crippen molar-refractivity contribution >= 4 is 22.2 Å². The van der Waals surface area contributed by atoms with Gasteiger partial charge in [-0.25, -0.2) is 37.6 Å². The van der Waals surface area contributed by atoms with Crippen LogP contribution >= 0.6 is 0 Å². The van der Waals surface area contributed by atoms with Gasteiger partial charge in [0, 0.05) is 35.3 Å². The average molecular weight is 551 g/mol. The Labute approximate surface area is 221 Å². The standard InChI is InChI=1S/C27H15F6N7/c28-17-7-8-18(29)23(30)15(17)11-22-38-24(20-6-3-9-36-40(20)22)26-35-12-16(25(34)39-26)14-10-21(27(31,32)33)37-19-5-2-1-4-13(14)19/h1-10,12H,11H2,(H2,34,35,39). The summed E-state index contributed by atoms with van der Waals surface area (Å²) in [5, 5.41) is 4.59. The number of alkyl halides is 3. The first kappa shape index (κ1) is 25.2. The van der Waals surface area contributed by atoms with E-state index >= 15 is 0 Å². The van der Waals surface area contributed by atoms with E-state index in [4.69, 9.17) is 5.73 Å². The van der Waals surface area contributed by atoms with Crippen molar-refractivity contribution in [1.82, 2.24) is 29.5 Å². The normalized spacial score (nSPS) is 11.9. The topological polar surface area (TPSA) is 94.9 Å². The maximum absolute atomic E-state index is 14.4. The van der Waals surface area contributed by atoms with E-state index in [0.717, 1.165) is 12.1 Å². The van der Waals surface area contributed by atoms with Gasteiger partial charge in [0.1, 0.15) is 28.8 Å². The maximum Gasteiger partial charge on any atom is 0.433 e. The van der Waals surface area contributed by atoms with Crippen molar-refractivity contribution in [3.05, 3.63) is 102 Å². The molecule has 0 amide bonds. The highest BCUT2D eigenvalue weighted by Gasteiger charge is 2.34. The molecule has 0 aliphatic carbocycles. The van der Waals surface area contributed by atoms with Gasteiger partial charge in [-0.3, -0.25) is 0 Å². The number of hydrogen-bond acceptors (Lipinski definition) is 6. The van der Waals surface area contributed by atoms with Gasteiger partial charge in [-0.15, -0.1) is 0 Å². The summed E-state index contributed by atoms with van der Waals surface area (Å²) in [5.74, 6) is -3.59. The zero-order valence-corrected chi connectivity index (χ0v) is 20.1. The lowest BCUT2D eigenvalue weighted by molar-refractivity contribution is -0.140. The third-order valence-corrected chi connectivity index (χ3v) is 6.28. The molecule has 40 heavy (non-hydrogen) atoms. The Morgan fingerprint density at radius 3 is 2.40 bits per heavy atom. The van der Waals surface area contributed by atoms with Crippen molar-refractivity contribution in [3.8, 4) is 22.6 Å². The van der Waals surface area contributed by atoms with Crippen LogP contribution in [0.25, 0.3) is 39.1 Å². The minimum atomic E-state index is -4.70. The number of nitrogens with zero attached hydrogens (tertiary/aromatic N) is 6. The molecular formula is C27H15F6N7. The van der Waals surface area contributed by atoms with Crippen molar-refractivity contribution in [1.29, 1.82) is 0 Å². The molecule has 0 unspecified atom stereocenters. The molecule has 2 N–H and O–H groups in total. The van der Waals surface area contributed by atoms with E-state index in [2.05, 4.69) is 25.0 Å². The van der Waals surface area contributed by atoms with Crippen LogP contribution in [0.1, 0.15) is 17.1 Å². The predicted molar refractivity (Wildman–Crippen MR) is 133 cm³/mol. The number of pyridine rings is 1. The maximum atomic E-state index is 14.4. The van der Waals surface area contributed by atoms with Crippen molar-refractivity contribution in [2.45, 2.75) is 12.6 Å². The van der Waals surface area contributed by atoms with Crippen LogP contribution in [0.2, 0.25) is 0 Å². The van der Waals surface area contributed by atoms with E-state index in [-0.39, 0.29) is 39.8 Å². The fourth-order valence-corrected chi connectivity index (χ4v) is 4.42. The quantitative estimate of drug-likeness (QED) is 0.213. The molecule has 4 heterocycles. The van der Waals surface area contributed by atoms with Crippen LogP contribution in [-0.4, -0.2) is 29.5 Å². The van der Waals surface area contributed by atoms with Gasteiger partial charge in [0.05, 0.1) is 11.0 Å². The number of halogens is 6. The molecule has 0 saturated carbocycles. The number of para-hydroxylation sites is 1. The SMILES string of the molecule is Nc1nc(-c2nc(Cc3c(F)ccc(F)c3F)n3ncccc23)ncc1-c1cc(C(F)(F)F)nc2ccccc12. The second kappa shape index (κ2) is 9.29. The smallest absolute Gasteiger partial charge is 0.383 e. The third-order valence-electron chi connectivity index (χ3n) is 6.28. The van der Waals surface area contributed by atoms with E-state index in [1.54, 1.807) is 30.3 Å². The summed E-state index contributed by atoms with van der Waals surface area (Å²) in [6.45, 7) is 0. The first-order valence-corrected chi connectivity index (χ1v) is 11.7. The van der Waals surface area contributed by atoms with Crippen molar-refractivity contribution < 1.29 is 26.3 Å². The molecular weight excluding hydrogens is 536 g/mol. The third kappa shape index (κ3) is 4.25. The summed E-state index contributed by atoms with van der Waals surface area (Å²) in [4.78, 5) is 16.7. The molecule has 0 atom stereocenters. The average Bonchev–Trinajstić information content (AvgIpc) is 3.30. The van der Waals surface area contributed by atoms with Gasteiger partial charge in [0.15, 0.2) is 17.5 Å². The van der Waals surface area contributed by atoms with Crippen LogP contribution in [0, 0.1) is 17.5 Å². The van der Waals surface area contributed by atoms with Gasteiger partial charge in [0.2, 0.25) is 0 Å². The Morgan fingerprint density at radius 2 is 1.62 bits per heavy atom. The van der Waals surface area contributed by atoms with Crippen LogP contribution in [0.15, 0.2) is 67.0 Å². The highest BCUT2D eigenvalue weighted by atomic mass is 19.4. The fourth-order valence-electron chi connectivity index (χ4n) is 4.42. The Morgan fingerprint density at radius 1 is 0.850 bits per heavy atom. The highest BCUT2D eigenvalue weighted by Crippen LogP contribution is 2.37. The van der Waals surface area contributed by atoms with E-state index in [1.807, 2.05) is 0 Å². The first-order valence-electron chi connectivity index (χ1n) is 11.7. The van der Waals surface area contributed by atoms with Crippen molar-refractivity contribution in [2.75, 3.05) is 5.73 Å². The molecule has 6 aromatic rings. The number of anilines is 1. The zero-order chi connectivity index (χ0) is 28.2. The molecule has 6 rings (SSSR count). The van der Waals surface area contributed by atoms with Crippen LogP contribution in [-0.2, 0) is 12.6 Å². The van der Waals surface area contributed by atoms with E-state index in [9.17, 15) is 26.3 Å².